The van der Waals surface area contributed by atoms with Crippen molar-refractivity contribution in [3.8, 4) is 11.8 Å². The Morgan fingerprint density at radius 1 is 1.37 bits per heavy atom. The van der Waals surface area contributed by atoms with Crippen LogP contribution in [0.4, 0.5) is 0 Å². The summed E-state index contributed by atoms with van der Waals surface area (Å²) in [7, 11) is 0. The fourth-order valence-corrected chi connectivity index (χ4v) is 2.32. The Morgan fingerprint density at radius 3 is 2.58 bits per heavy atom. The molecular formula is C16H20N2O. The van der Waals surface area contributed by atoms with Gasteiger partial charge in [0.25, 0.3) is 5.91 Å². The summed E-state index contributed by atoms with van der Waals surface area (Å²) in [6.07, 6.45) is 1.07. The average molecular weight is 256 g/mol. The summed E-state index contributed by atoms with van der Waals surface area (Å²) < 4.78 is 0. The van der Waals surface area contributed by atoms with Gasteiger partial charge in [0.2, 0.25) is 0 Å². The predicted molar refractivity (Wildman–Crippen MR) is 76.7 cm³/mol. The highest BCUT2D eigenvalue weighted by Crippen LogP contribution is 2.29. The van der Waals surface area contributed by atoms with Crippen LogP contribution in [0.5, 0.6) is 0 Å². The molecule has 100 valence electrons. The van der Waals surface area contributed by atoms with Crippen molar-refractivity contribution in [3.63, 3.8) is 0 Å². The highest BCUT2D eigenvalue weighted by molar-refractivity contribution is 5.94. The predicted octanol–water partition coefficient (Wildman–Crippen LogP) is 1.87. The lowest BCUT2D eigenvalue weighted by molar-refractivity contribution is 0.0778. The molecule has 0 radical (unpaired) electrons. The molecule has 1 amide bonds. The molecule has 3 heteroatoms. The molecule has 2 rings (SSSR count). The first-order chi connectivity index (χ1) is 9.02. The fraction of sp³-hybridized carbons (Fsp3) is 0.438. The Hall–Kier alpha value is -1.79. The fourth-order valence-electron chi connectivity index (χ4n) is 2.32. The van der Waals surface area contributed by atoms with Crippen molar-refractivity contribution in [2.45, 2.75) is 20.3 Å². The third kappa shape index (κ3) is 3.36. The smallest absolute Gasteiger partial charge is 0.253 e. The molecule has 1 aromatic rings. The van der Waals surface area contributed by atoms with Crippen LogP contribution in [0.2, 0.25) is 0 Å². The van der Waals surface area contributed by atoms with Crippen molar-refractivity contribution >= 4 is 5.91 Å². The molecule has 1 saturated heterocycles. The van der Waals surface area contributed by atoms with Crippen LogP contribution >= 0.6 is 0 Å². The second-order valence-electron chi connectivity index (χ2n) is 5.72. The number of hydrogen-bond donors (Lipinski definition) is 1. The average Bonchev–Trinajstić information content (AvgIpc) is 2.76. The van der Waals surface area contributed by atoms with Crippen LogP contribution in [0, 0.1) is 17.3 Å². The Balaban J connectivity index is 2.08. The molecule has 0 saturated carbocycles. The van der Waals surface area contributed by atoms with Gasteiger partial charge in [0.1, 0.15) is 0 Å². The molecule has 1 heterocycles. The molecule has 1 aliphatic heterocycles. The third-order valence-electron chi connectivity index (χ3n) is 3.43. The Bertz CT molecular complexity index is 520. The van der Waals surface area contributed by atoms with Gasteiger partial charge in [0, 0.05) is 24.2 Å². The number of hydrogen-bond acceptors (Lipinski definition) is 2. The van der Waals surface area contributed by atoms with E-state index in [9.17, 15) is 4.79 Å². The van der Waals surface area contributed by atoms with Gasteiger partial charge in [-0.05, 0) is 36.1 Å². The van der Waals surface area contributed by atoms with E-state index in [0.29, 0.717) is 6.54 Å². The van der Waals surface area contributed by atoms with Crippen molar-refractivity contribution in [2.24, 2.45) is 11.1 Å². The van der Waals surface area contributed by atoms with Crippen LogP contribution in [0.25, 0.3) is 0 Å². The quantitative estimate of drug-likeness (QED) is 0.780. The van der Waals surface area contributed by atoms with E-state index in [4.69, 9.17) is 5.73 Å². The van der Waals surface area contributed by atoms with Gasteiger partial charge in [0.15, 0.2) is 0 Å². The van der Waals surface area contributed by atoms with Crippen LogP contribution in [0.1, 0.15) is 36.2 Å². The third-order valence-corrected chi connectivity index (χ3v) is 3.43. The van der Waals surface area contributed by atoms with Gasteiger partial charge < -0.3 is 10.6 Å². The molecular weight excluding hydrogens is 236 g/mol. The van der Waals surface area contributed by atoms with Crippen molar-refractivity contribution in [1.82, 2.24) is 4.90 Å². The number of carbonyl (C=O) groups excluding carboxylic acids is 1. The minimum atomic E-state index is 0.115. The maximum atomic E-state index is 12.3. The van der Waals surface area contributed by atoms with Gasteiger partial charge in [-0.1, -0.05) is 25.7 Å². The van der Waals surface area contributed by atoms with Crippen LogP contribution < -0.4 is 5.73 Å². The molecule has 0 aromatic heterocycles. The maximum absolute atomic E-state index is 12.3. The highest BCUT2D eigenvalue weighted by atomic mass is 16.2. The normalized spacial score (nSPS) is 16.9. The van der Waals surface area contributed by atoms with Crippen molar-refractivity contribution in [3.05, 3.63) is 35.4 Å². The summed E-state index contributed by atoms with van der Waals surface area (Å²) in [5, 5.41) is 0. The van der Waals surface area contributed by atoms with E-state index in [0.717, 1.165) is 30.6 Å². The first kappa shape index (κ1) is 13.6. The SMILES string of the molecule is CC1(C)CCN(C(=O)c2ccc(C#CCN)cc2)C1. The Kier molecular flexibility index (Phi) is 3.92. The number of rotatable bonds is 1. The van der Waals surface area contributed by atoms with Gasteiger partial charge in [0.05, 0.1) is 6.54 Å². The lowest BCUT2D eigenvalue weighted by Gasteiger charge is -2.19. The van der Waals surface area contributed by atoms with E-state index in [2.05, 4.69) is 25.7 Å². The van der Waals surface area contributed by atoms with Crippen molar-refractivity contribution in [1.29, 1.82) is 0 Å². The maximum Gasteiger partial charge on any atom is 0.253 e. The zero-order valence-corrected chi connectivity index (χ0v) is 11.6. The van der Waals surface area contributed by atoms with Crippen LogP contribution in [0.15, 0.2) is 24.3 Å². The van der Waals surface area contributed by atoms with Gasteiger partial charge in [-0.2, -0.15) is 0 Å². The molecule has 0 unspecified atom stereocenters. The zero-order chi connectivity index (χ0) is 13.9. The first-order valence-electron chi connectivity index (χ1n) is 6.60. The minimum Gasteiger partial charge on any atom is -0.338 e. The second-order valence-corrected chi connectivity index (χ2v) is 5.72. The van der Waals surface area contributed by atoms with Crippen molar-refractivity contribution in [2.75, 3.05) is 19.6 Å². The molecule has 3 nitrogen and oxygen atoms in total. The molecule has 0 aliphatic carbocycles. The van der Waals surface area contributed by atoms with E-state index in [1.165, 1.54) is 0 Å². The lowest BCUT2D eigenvalue weighted by atomic mass is 9.93. The number of benzene rings is 1. The van der Waals surface area contributed by atoms with Gasteiger partial charge in [-0.15, -0.1) is 0 Å². The minimum absolute atomic E-state index is 0.115. The van der Waals surface area contributed by atoms with E-state index in [1.54, 1.807) is 0 Å². The topological polar surface area (TPSA) is 46.3 Å². The highest BCUT2D eigenvalue weighted by Gasteiger charge is 2.32. The molecule has 1 aromatic carbocycles. The summed E-state index contributed by atoms with van der Waals surface area (Å²) >= 11 is 0. The summed E-state index contributed by atoms with van der Waals surface area (Å²) in [6.45, 7) is 6.43. The van der Waals surface area contributed by atoms with Gasteiger partial charge in [-0.25, -0.2) is 0 Å². The summed E-state index contributed by atoms with van der Waals surface area (Å²) in [6, 6.07) is 7.43. The number of nitrogens with two attached hydrogens (primary N) is 1. The molecule has 19 heavy (non-hydrogen) atoms. The van der Waals surface area contributed by atoms with Crippen LogP contribution in [-0.4, -0.2) is 30.4 Å². The van der Waals surface area contributed by atoms with Crippen molar-refractivity contribution < 1.29 is 4.79 Å². The molecule has 0 atom stereocenters. The Labute approximate surface area is 114 Å². The standard InChI is InChI=1S/C16H20N2O/c1-16(2)9-11-18(12-16)15(19)14-7-5-13(6-8-14)4-3-10-17/h5-8H,9-12,17H2,1-2H3. The molecule has 2 N–H and O–H groups in total. The molecule has 0 spiro atoms. The van der Waals surface area contributed by atoms with E-state index in [-0.39, 0.29) is 11.3 Å². The Morgan fingerprint density at radius 2 is 2.05 bits per heavy atom. The summed E-state index contributed by atoms with van der Waals surface area (Å²) in [4.78, 5) is 14.3. The van der Waals surface area contributed by atoms with E-state index < -0.39 is 0 Å². The van der Waals surface area contributed by atoms with Gasteiger partial charge >= 0.3 is 0 Å². The van der Waals surface area contributed by atoms with Gasteiger partial charge in [-0.3, -0.25) is 4.79 Å². The summed E-state index contributed by atoms with van der Waals surface area (Å²) in [5.74, 6) is 5.87. The summed E-state index contributed by atoms with van der Waals surface area (Å²) in [5.41, 5.74) is 7.19. The second kappa shape index (κ2) is 5.46. The molecule has 1 aliphatic rings. The van der Waals surface area contributed by atoms with Crippen LogP contribution in [0.3, 0.4) is 0 Å². The monoisotopic (exact) mass is 256 g/mol. The number of carbonyl (C=O) groups is 1. The first-order valence-corrected chi connectivity index (χ1v) is 6.60. The van der Waals surface area contributed by atoms with Crippen LogP contribution in [-0.2, 0) is 0 Å². The lowest BCUT2D eigenvalue weighted by Crippen LogP contribution is -2.30. The molecule has 1 fully saturated rings. The van der Waals surface area contributed by atoms with E-state index in [1.807, 2.05) is 29.2 Å². The zero-order valence-electron chi connectivity index (χ0n) is 11.6. The number of likely N-dealkylation sites (tertiary alicyclic amines) is 1. The molecule has 0 bridgehead atoms. The van der Waals surface area contributed by atoms with E-state index >= 15 is 0 Å². The number of nitrogens with zero attached hydrogens (tertiary/aromatic N) is 1. The number of amides is 1. The largest absolute Gasteiger partial charge is 0.338 e.